The van der Waals surface area contributed by atoms with Crippen molar-refractivity contribution in [1.29, 1.82) is 0 Å². The van der Waals surface area contributed by atoms with E-state index in [1.165, 1.54) is 15.5 Å². The summed E-state index contributed by atoms with van der Waals surface area (Å²) in [6.45, 7) is 3.99. The van der Waals surface area contributed by atoms with Crippen molar-refractivity contribution in [1.82, 2.24) is 18.7 Å². The SMILES string of the molecule is C=C(Cl)CCCCn1c(=O)c2c(ncn2C)n(C)c1=O. The third-order valence-electron chi connectivity index (χ3n) is 3.28. The second-order valence-electron chi connectivity index (χ2n) is 4.80. The zero-order valence-electron chi connectivity index (χ0n) is 11.6. The Morgan fingerprint density at radius 2 is 2.05 bits per heavy atom. The fourth-order valence-corrected chi connectivity index (χ4v) is 2.31. The summed E-state index contributed by atoms with van der Waals surface area (Å²) >= 11 is 5.69. The van der Waals surface area contributed by atoms with E-state index >= 15 is 0 Å². The van der Waals surface area contributed by atoms with Gasteiger partial charge in [-0.3, -0.25) is 13.9 Å². The van der Waals surface area contributed by atoms with Gasteiger partial charge < -0.3 is 4.57 Å². The molecule has 2 aromatic rings. The topological polar surface area (TPSA) is 61.8 Å². The van der Waals surface area contributed by atoms with Crippen LogP contribution in [0, 0.1) is 0 Å². The molecule has 0 spiro atoms. The molecule has 0 radical (unpaired) electrons. The van der Waals surface area contributed by atoms with E-state index in [4.69, 9.17) is 11.6 Å². The average molecular weight is 297 g/mol. The van der Waals surface area contributed by atoms with Crippen molar-refractivity contribution < 1.29 is 0 Å². The van der Waals surface area contributed by atoms with Crippen LogP contribution in [0.5, 0.6) is 0 Å². The number of halogens is 1. The van der Waals surface area contributed by atoms with Crippen LogP contribution in [0.15, 0.2) is 27.5 Å². The highest BCUT2D eigenvalue weighted by Crippen LogP contribution is 2.09. The van der Waals surface area contributed by atoms with E-state index in [0.717, 1.165) is 6.42 Å². The number of hydrogen-bond acceptors (Lipinski definition) is 3. The Balaban J connectivity index is 2.38. The highest BCUT2D eigenvalue weighted by Gasteiger charge is 2.14. The van der Waals surface area contributed by atoms with Crippen molar-refractivity contribution in [3.63, 3.8) is 0 Å². The molecule has 20 heavy (non-hydrogen) atoms. The molecule has 0 bridgehead atoms. The summed E-state index contributed by atoms with van der Waals surface area (Å²) in [5.74, 6) is 0. The van der Waals surface area contributed by atoms with Crippen LogP contribution >= 0.6 is 11.6 Å². The first-order valence-electron chi connectivity index (χ1n) is 6.37. The number of rotatable bonds is 5. The van der Waals surface area contributed by atoms with Crippen molar-refractivity contribution in [3.05, 3.63) is 38.8 Å². The summed E-state index contributed by atoms with van der Waals surface area (Å²) in [5.41, 5.74) is 0.209. The Morgan fingerprint density at radius 1 is 1.35 bits per heavy atom. The lowest BCUT2D eigenvalue weighted by Gasteiger charge is -2.08. The highest BCUT2D eigenvalue weighted by molar-refractivity contribution is 6.29. The highest BCUT2D eigenvalue weighted by atomic mass is 35.5. The van der Waals surface area contributed by atoms with Crippen LogP contribution in [0.1, 0.15) is 19.3 Å². The molecule has 2 rings (SSSR count). The molecule has 2 heterocycles. The van der Waals surface area contributed by atoms with Crippen LogP contribution in [0.2, 0.25) is 0 Å². The summed E-state index contributed by atoms with van der Waals surface area (Å²) in [6, 6.07) is 0. The van der Waals surface area contributed by atoms with Crippen molar-refractivity contribution in [2.75, 3.05) is 0 Å². The number of hydrogen-bond donors (Lipinski definition) is 0. The third-order valence-corrected chi connectivity index (χ3v) is 3.47. The van der Waals surface area contributed by atoms with Crippen molar-refractivity contribution >= 4 is 22.8 Å². The van der Waals surface area contributed by atoms with Crippen LogP contribution in [0.3, 0.4) is 0 Å². The predicted molar refractivity (Wildman–Crippen MR) is 79.1 cm³/mol. The van der Waals surface area contributed by atoms with Crippen LogP contribution in [0.25, 0.3) is 11.2 Å². The van der Waals surface area contributed by atoms with Gasteiger partial charge in [-0.15, -0.1) is 0 Å². The van der Waals surface area contributed by atoms with E-state index < -0.39 is 0 Å². The van der Waals surface area contributed by atoms with Gasteiger partial charge in [0.25, 0.3) is 5.56 Å². The molecule has 6 nitrogen and oxygen atoms in total. The van der Waals surface area contributed by atoms with E-state index in [0.29, 0.717) is 35.6 Å². The number of fused-ring (bicyclic) bond motifs is 1. The molecule has 0 unspecified atom stereocenters. The molecule has 2 aromatic heterocycles. The number of aromatic nitrogens is 4. The minimum atomic E-state index is -0.342. The Bertz CT molecular complexity index is 769. The second-order valence-corrected chi connectivity index (χ2v) is 5.33. The van der Waals surface area contributed by atoms with E-state index in [2.05, 4.69) is 11.6 Å². The van der Waals surface area contributed by atoms with Gasteiger partial charge in [-0.05, 0) is 19.3 Å². The fourth-order valence-electron chi connectivity index (χ4n) is 2.18. The van der Waals surface area contributed by atoms with Gasteiger partial charge in [-0.1, -0.05) is 18.2 Å². The molecule has 0 saturated carbocycles. The van der Waals surface area contributed by atoms with E-state index in [9.17, 15) is 9.59 Å². The van der Waals surface area contributed by atoms with Gasteiger partial charge in [0.15, 0.2) is 11.2 Å². The first-order valence-corrected chi connectivity index (χ1v) is 6.75. The molecule has 0 aliphatic carbocycles. The van der Waals surface area contributed by atoms with Gasteiger partial charge in [0.05, 0.1) is 6.33 Å². The number of allylic oxidation sites excluding steroid dienone is 1. The molecule has 0 atom stereocenters. The van der Waals surface area contributed by atoms with Gasteiger partial charge in [0.2, 0.25) is 0 Å². The monoisotopic (exact) mass is 296 g/mol. The maximum atomic E-state index is 12.4. The molecular weight excluding hydrogens is 280 g/mol. The first kappa shape index (κ1) is 14.6. The summed E-state index contributed by atoms with van der Waals surface area (Å²) in [5, 5.41) is 0.590. The van der Waals surface area contributed by atoms with Gasteiger partial charge in [-0.25, -0.2) is 9.78 Å². The van der Waals surface area contributed by atoms with Crippen LogP contribution in [0.4, 0.5) is 0 Å². The standard InChI is InChI=1S/C13H17ClN4O2/c1-9(14)6-4-5-7-18-12(19)10-11(15-8-16(10)2)17(3)13(18)20/h8H,1,4-7H2,2-3H3. The lowest BCUT2D eigenvalue weighted by atomic mass is 10.2. The quantitative estimate of drug-likeness (QED) is 0.783. The second kappa shape index (κ2) is 5.66. The van der Waals surface area contributed by atoms with Gasteiger partial charge in [-0.2, -0.15) is 0 Å². The summed E-state index contributed by atoms with van der Waals surface area (Å²) in [4.78, 5) is 28.6. The predicted octanol–water partition coefficient (Wildman–Crippen LogP) is 1.36. The normalized spacial score (nSPS) is 11.2. The third kappa shape index (κ3) is 2.56. The van der Waals surface area contributed by atoms with Crippen LogP contribution in [-0.2, 0) is 20.6 Å². The molecule has 0 aliphatic heterocycles. The zero-order chi connectivity index (χ0) is 14.9. The maximum Gasteiger partial charge on any atom is 0.332 e. The Labute approximate surface area is 120 Å². The van der Waals surface area contributed by atoms with Crippen molar-refractivity contribution in [2.45, 2.75) is 25.8 Å². The van der Waals surface area contributed by atoms with Crippen LogP contribution < -0.4 is 11.2 Å². The van der Waals surface area contributed by atoms with Crippen molar-refractivity contribution in [3.8, 4) is 0 Å². The molecular formula is C13H17ClN4O2. The number of aryl methyl sites for hydroxylation is 2. The first-order chi connectivity index (χ1) is 9.43. The Morgan fingerprint density at radius 3 is 2.70 bits per heavy atom. The Hall–Kier alpha value is -1.82. The molecule has 0 saturated heterocycles. The smallest absolute Gasteiger partial charge is 0.328 e. The maximum absolute atomic E-state index is 12.4. The summed E-state index contributed by atoms with van der Waals surface area (Å²) < 4.78 is 4.28. The van der Waals surface area contributed by atoms with E-state index in [-0.39, 0.29) is 11.2 Å². The number of nitrogens with zero attached hydrogens (tertiary/aromatic N) is 4. The molecule has 0 N–H and O–H groups in total. The number of unbranched alkanes of at least 4 members (excludes halogenated alkanes) is 1. The largest absolute Gasteiger partial charge is 0.332 e. The van der Waals surface area contributed by atoms with Crippen LogP contribution in [-0.4, -0.2) is 18.7 Å². The van der Waals surface area contributed by atoms with E-state index in [1.807, 2.05) is 0 Å². The lowest BCUT2D eigenvalue weighted by molar-refractivity contribution is 0.555. The minimum Gasteiger partial charge on any atom is -0.328 e. The molecule has 0 aromatic carbocycles. The minimum absolute atomic E-state index is 0.298. The number of imidazole rings is 1. The fraction of sp³-hybridized carbons (Fsp3) is 0.462. The van der Waals surface area contributed by atoms with Gasteiger partial charge in [0.1, 0.15) is 0 Å². The average Bonchev–Trinajstić information content (AvgIpc) is 2.77. The van der Waals surface area contributed by atoms with E-state index in [1.54, 1.807) is 18.7 Å². The molecule has 0 aliphatic rings. The molecule has 0 amide bonds. The molecule has 7 heteroatoms. The summed E-state index contributed by atoms with van der Waals surface area (Å²) in [6.07, 6.45) is 3.71. The molecule has 108 valence electrons. The van der Waals surface area contributed by atoms with Gasteiger partial charge in [0, 0.05) is 25.7 Å². The Kier molecular flexibility index (Phi) is 4.13. The molecule has 0 fully saturated rings. The zero-order valence-corrected chi connectivity index (χ0v) is 12.4. The van der Waals surface area contributed by atoms with Crippen molar-refractivity contribution in [2.24, 2.45) is 14.1 Å². The summed E-state index contributed by atoms with van der Waals surface area (Å²) in [7, 11) is 3.36. The van der Waals surface area contributed by atoms with Gasteiger partial charge >= 0.3 is 5.69 Å². The lowest BCUT2D eigenvalue weighted by Crippen LogP contribution is -2.39.